The second-order valence-electron chi connectivity index (χ2n) is 6.58. The van der Waals surface area contributed by atoms with Gasteiger partial charge in [-0.3, -0.25) is 0 Å². The van der Waals surface area contributed by atoms with Gasteiger partial charge in [0.2, 0.25) is 0 Å². The van der Waals surface area contributed by atoms with Crippen molar-refractivity contribution in [1.82, 2.24) is 14.9 Å². The first-order valence-corrected chi connectivity index (χ1v) is 9.41. The quantitative estimate of drug-likeness (QED) is 0.634. The summed E-state index contributed by atoms with van der Waals surface area (Å²) in [4.78, 5) is 15.6. The predicted octanol–water partition coefficient (Wildman–Crippen LogP) is 4.33. The molecule has 0 aliphatic heterocycles. The molecule has 150 valence electrons. The minimum atomic E-state index is -0.640. The van der Waals surface area contributed by atoms with Gasteiger partial charge >= 0.3 is 6.09 Å². The molecule has 0 saturated heterocycles. The third-order valence-corrected chi connectivity index (χ3v) is 5.09. The van der Waals surface area contributed by atoms with Gasteiger partial charge in [0.1, 0.15) is 6.07 Å². The zero-order valence-corrected chi connectivity index (χ0v) is 17.4. The summed E-state index contributed by atoms with van der Waals surface area (Å²) in [7, 11) is 1.45. The zero-order valence-electron chi connectivity index (χ0n) is 16.7. The van der Waals surface area contributed by atoms with Gasteiger partial charge in [-0.2, -0.15) is 10.5 Å². The molecule has 3 rings (SSSR count). The van der Waals surface area contributed by atoms with E-state index >= 15 is 0 Å². The van der Waals surface area contributed by atoms with Crippen molar-refractivity contribution in [2.45, 2.75) is 20.4 Å². The molecular formula is C22H18ClN5O2. The van der Waals surface area contributed by atoms with E-state index in [1.54, 1.807) is 24.4 Å². The van der Waals surface area contributed by atoms with Crippen molar-refractivity contribution in [3.8, 4) is 29.0 Å². The molecule has 0 bridgehead atoms. The standard InChI is InChI=1S/C22H18ClN5O2/c1-13-18(10-25)20(17-6-4-15(9-24)5-7-17)14(2)28(13)12-16-8-19(21(23)27-11-16)30-22(29)26-3/h4-8,11H,12H2,1-3H3,(H,26,29). The highest BCUT2D eigenvalue weighted by Crippen LogP contribution is 2.33. The third kappa shape index (κ3) is 3.98. The van der Waals surface area contributed by atoms with Gasteiger partial charge in [-0.1, -0.05) is 23.7 Å². The molecule has 0 fully saturated rings. The van der Waals surface area contributed by atoms with Crippen LogP contribution in [0.2, 0.25) is 5.15 Å². The lowest BCUT2D eigenvalue weighted by Gasteiger charge is -2.12. The van der Waals surface area contributed by atoms with Gasteiger partial charge in [-0.25, -0.2) is 9.78 Å². The Morgan fingerprint density at radius 1 is 1.20 bits per heavy atom. The van der Waals surface area contributed by atoms with E-state index in [-0.39, 0.29) is 10.9 Å². The Bertz CT molecular complexity index is 1200. The van der Waals surface area contributed by atoms with Crippen LogP contribution in [0.15, 0.2) is 36.5 Å². The van der Waals surface area contributed by atoms with Crippen LogP contribution in [0.5, 0.6) is 5.75 Å². The van der Waals surface area contributed by atoms with Crippen LogP contribution in [-0.4, -0.2) is 22.7 Å². The van der Waals surface area contributed by atoms with Crippen molar-refractivity contribution in [2.75, 3.05) is 7.05 Å². The molecule has 0 spiro atoms. The number of ether oxygens (including phenoxy) is 1. The molecule has 30 heavy (non-hydrogen) atoms. The van der Waals surface area contributed by atoms with Gasteiger partial charge in [-0.05, 0) is 43.2 Å². The van der Waals surface area contributed by atoms with Crippen molar-refractivity contribution in [3.05, 3.63) is 69.8 Å². The molecule has 8 heteroatoms. The molecule has 1 amide bonds. The smallest absolute Gasteiger partial charge is 0.407 e. The number of carbonyl (C=O) groups is 1. The molecule has 0 unspecified atom stereocenters. The summed E-state index contributed by atoms with van der Waals surface area (Å²) in [5.41, 5.74) is 5.28. The number of benzene rings is 1. The van der Waals surface area contributed by atoms with Crippen molar-refractivity contribution in [2.24, 2.45) is 0 Å². The molecule has 1 aromatic carbocycles. The van der Waals surface area contributed by atoms with Crippen LogP contribution >= 0.6 is 11.6 Å². The van der Waals surface area contributed by atoms with E-state index in [4.69, 9.17) is 21.6 Å². The average molecular weight is 420 g/mol. The molecule has 7 nitrogen and oxygen atoms in total. The Hall–Kier alpha value is -3.81. The van der Waals surface area contributed by atoms with E-state index in [0.29, 0.717) is 17.7 Å². The number of rotatable bonds is 4. The van der Waals surface area contributed by atoms with Crippen molar-refractivity contribution in [3.63, 3.8) is 0 Å². The van der Waals surface area contributed by atoms with E-state index in [1.165, 1.54) is 7.05 Å². The Morgan fingerprint density at radius 2 is 1.90 bits per heavy atom. The lowest BCUT2D eigenvalue weighted by molar-refractivity contribution is 0.202. The fraction of sp³-hybridized carbons (Fsp3) is 0.182. The minimum absolute atomic E-state index is 0.0827. The van der Waals surface area contributed by atoms with Crippen LogP contribution in [0.1, 0.15) is 28.1 Å². The topological polar surface area (TPSA) is 104 Å². The van der Waals surface area contributed by atoms with Gasteiger partial charge in [0, 0.05) is 36.7 Å². The van der Waals surface area contributed by atoms with Crippen LogP contribution < -0.4 is 10.1 Å². The SMILES string of the molecule is CNC(=O)Oc1cc(Cn2c(C)c(C#N)c(-c3ccc(C#N)cc3)c2C)cnc1Cl. The Kier molecular flexibility index (Phi) is 6.06. The second kappa shape index (κ2) is 8.69. The highest BCUT2D eigenvalue weighted by Gasteiger charge is 2.20. The van der Waals surface area contributed by atoms with E-state index in [0.717, 1.165) is 28.1 Å². The minimum Gasteiger partial charge on any atom is -0.407 e. The van der Waals surface area contributed by atoms with Crippen molar-refractivity contribution >= 4 is 17.7 Å². The number of nitrogens with one attached hydrogen (secondary N) is 1. The lowest BCUT2D eigenvalue weighted by Crippen LogP contribution is -2.22. The summed E-state index contributed by atoms with van der Waals surface area (Å²) < 4.78 is 7.14. The predicted molar refractivity (Wildman–Crippen MR) is 112 cm³/mol. The maximum atomic E-state index is 11.5. The van der Waals surface area contributed by atoms with E-state index in [9.17, 15) is 10.1 Å². The number of carbonyl (C=O) groups excluding carboxylic acids is 1. The monoisotopic (exact) mass is 419 g/mol. The summed E-state index contributed by atoms with van der Waals surface area (Å²) in [6.45, 7) is 4.23. The maximum absolute atomic E-state index is 11.5. The van der Waals surface area contributed by atoms with E-state index in [1.807, 2.05) is 30.5 Å². The molecule has 0 atom stereocenters. The Labute approximate surface area is 179 Å². The van der Waals surface area contributed by atoms with Gasteiger partial charge in [0.15, 0.2) is 10.9 Å². The number of pyridine rings is 1. The third-order valence-electron chi connectivity index (χ3n) is 4.81. The largest absolute Gasteiger partial charge is 0.412 e. The summed E-state index contributed by atoms with van der Waals surface area (Å²) in [6.07, 6.45) is 0.963. The van der Waals surface area contributed by atoms with Crippen LogP contribution in [0, 0.1) is 36.5 Å². The first-order valence-electron chi connectivity index (χ1n) is 9.03. The van der Waals surface area contributed by atoms with E-state index < -0.39 is 6.09 Å². The van der Waals surface area contributed by atoms with Crippen LogP contribution in [0.3, 0.4) is 0 Å². The number of hydrogen-bond donors (Lipinski definition) is 1. The number of amides is 1. The van der Waals surface area contributed by atoms with Crippen LogP contribution in [0.25, 0.3) is 11.1 Å². The number of hydrogen-bond acceptors (Lipinski definition) is 5. The summed E-state index contributed by atoms with van der Waals surface area (Å²) in [5.74, 6) is 0.156. The molecule has 0 radical (unpaired) electrons. The fourth-order valence-corrected chi connectivity index (χ4v) is 3.42. The molecule has 0 aliphatic rings. The molecule has 2 aromatic heterocycles. The van der Waals surface area contributed by atoms with Gasteiger partial charge in [-0.15, -0.1) is 0 Å². The highest BCUT2D eigenvalue weighted by atomic mass is 35.5. The highest BCUT2D eigenvalue weighted by molar-refractivity contribution is 6.30. The molecule has 3 aromatic rings. The first kappa shape index (κ1) is 20.9. The Morgan fingerprint density at radius 3 is 2.50 bits per heavy atom. The summed E-state index contributed by atoms with van der Waals surface area (Å²) >= 11 is 6.03. The maximum Gasteiger partial charge on any atom is 0.412 e. The molecule has 0 saturated carbocycles. The molecule has 1 N–H and O–H groups in total. The number of aromatic nitrogens is 2. The Balaban J connectivity index is 2.03. The van der Waals surface area contributed by atoms with Gasteiger partial charge < -0.3 is 14.6 Å². The van der Waals surface area contributed by atoms with Crippen molar-refractivity contribution < 1.29 is 9.53 Å². The zero-order chi connectivity index (χ0) is 21.8. The van der Waals surface area contributed by atoms with Gasteiger partial charge in [0.05, 0.1) is 17.2 Å². The normalized spacial score (nSPS) is 10.2. The lowest BCUT2D eigenvalue weighted by atomic mass is 10.0. The number of nitrogens with zero attached hydrogens (tertiary/aromatic N) is 4. The number of nitriles is 2. The van der Waals surface area contributed by atoms with Crippen LogP contribution in [0.4, 0.5) is 4.79 Å². The van der Waals surface area contributed by atoms with Crippen LogP contribution in [-0.2, 0) is 6.54 Å². The van der Waals surface area contributed by atoms with E-state index in [2.05, 4.69) is 22.4 Å². The number of halogens is 1. The summed E-state index contributed by atoms with van der Waals surface area (Å²) in [5, 5.41) is 21.2. The summed E-state index contributed by atoms with van der Waals surface area (Å²) in [6, 6.07) is 13.2. The fourth-order valence-electron chi connectivity index (χ4n) is 3.28. The first-order chi connectivity index (χ1) is 14.4. The average Bonchev–Trinajstić information content (AvgIpc) is 2.99. The van der Waals surface area contributed by atoms with Crippen molar-refractivity contribution in [1.29, 1.82) is 10.5 Å². The molecule has 0 aliphatic carbocycles. The molecular weight excluding hydrogens is 402 g/mol. The van der Waals surface area contributed by atoms with Gasteiger partial charge in [0.25, 0.3) is 0 Å². The second-order valence-corrected chi connectivity index (χ2v) is 6.94. The molecule has 2 heterocycles.